The summed E-state index contributed by atoms with van der Waals surface area (Å²) in [4.78, 5) is 7.47. The summed E-state index contributed by atoms with van der Waals surface area (Å²) >= 11 is 0. The van der Waals surface area contributed by atoms with E-state index < -0.39 is 0 Å². The molecule has 2 aromatic heterocycles. The van der Waals surface area contributed by atoms with Gasteiger partial charge in [-0.05, 0) is 150 Å². The number of hydrogen-bond acceptors (Lipinski definition) is 2. The first-order valence-corrected chi connectivity index (χ1v) is 27.4. The monoisotopic (exact) mass is 981 g/mol. The number of hydrogen-bond donors (Lipinski definition) is 0. The zero-order valence-electron chi connectivity index (χ0n) is 44.0. The lowest BCUT2D eigenvalue weighted by Crippen LogP contribution is -2.60. The van der Waals surface area contributed by atoms with Crippen molar-refractivity contribution in [2.24, 2.45) is 0 Å². The quantitative estimate of drug-likeness (QED) is 0.121. The molecular formula is C73H52BN3. The summed E-state index contributed by atoms with van der Waals surface area (Å²) in [6, 6.07) is 74.9. The fourth-order valence-electron chi connectivity index (χ4n) is 14.6. The molecule has 4 heterocycles. The lowest BCUT2D eigenvalue weighted by Gasteiger charge is -2.42. The molecule has 0 fully saturated rings. The highest BCUT2D eigenvalue weighted by Gasteiger charge is 2.45. The highest BCUT2D eigenvalue weighted by atomic mass is 15.2. The van der Waals surface area contributed by atoms with Crippen molar-refractivity contribution in [2.75, 3.05) is 4.90 Å². The first-order valence-electron chi connectivity index (χ1n) is 27.4. The molecule has 77 heavy (non-hydrogen) atoms. The average Bonchev–Trinajstić information content (AvgIpc) is 3.30. The van der Waals surface area contributed by atoms with Gasteiger partial charge in [0.2, 0.25) is 0 Å². The van der Waals surface area contributed by atoms with Gasteiger partial charge in [-0.3, -0.25) is 4.98 Å². The third-order valence-electron chi connectivity index (χ3n) is 18.1. The maximum atomic E-state index is 4.83. The molecule has 0 saturated heterocycles. The van der Waals surface area contributed by atoms with Crippen LogP contribution in [0.1, 0.15) is 52.7 Å². The van der Waals surface area contributed by atoms with E-state index in [0.717, 1.165) is 5.69 Å². The van der Waals surface area contributed by atoms with E-state index in [1.807, 2.05) is 6.20 Å². The van der Waals surface area contributed by atoms with Crippen LogP contribution in [0.2, 0.25) is 0 Å². The number of nitrogens with zero attached hydrogens (tertiary/aromatic N) is 3. The van der Waals surface area contributed by atoms with Crippen LogP contribution in [-0.2, 0) is 10.8 Å². The van der Waals surface area contributed by atoms with E-state index in [1.54, 1.807) is 0 Å². The third kappa shape index (κ3) is 5.59. The smallest absolute Gasteiger partial charge is 0.252 e. The van der Waals surface area contributed by atoms with Gasteiger partial charge in [-0.15, -0.1) is 0 Å². The molecule has 2 aliphatic rings. The number of anilines is 3. The zero-order chi connectivity index (χ0) is 51.4. The van der Waals surface area contributed by atoms with E-state index in [0.29, 0.717) is 0 Å². The van der Waals surface area contributed by atoms with E-state index in [-0.39, 0.29) is 17.5 Å². The van der Waals surface area contributed by atoms with E-state index in [2.05, 4.69) is 251 Å². The maximum absolute atomic E-state index is 4.83. The molecule has 0 bridgehead atoms. The number of fused-ring (bicyclic) bond motifs is 28. The minimum absolute atomic E-state index is 0.00359. The van der Waals surface area contributed by atoms with Gasteiger partial charge in [0.25, 0.3) is 6.71 Å². The molecule has 0 aliphatic carbocycles. The predicted octanol–water partition coefficient (Wildman–Crippen LogP) is 17.8. The Labute approximate surface area is 446 Å². The normalized spacial score (nSPS) is 13.5. The number of rotatable bonds is 1. The molecule has 0 spiro atoms. The summed E-state index contributed by atoms with van der Waals surface area (Å²) in [5.41, 5.74) is 13.9. The Bertz CT molecular complexity index is 5150. The molecule has 0 amide bonds. The van der Waals surface area contributed by atoms with Gasteiger partial charge in [0.15, 0.2) is 0 Å². The Morgan fingerprint density at radius 2 is 0.844 bits per heavy atom. The summed E-state index contributed by atoms with van der Waals surface area (Å²) in [7, 11) is 0. The van der Waals surface area contributed by atoms with Crippen LogP contribution in [0, 0.1) is 0 Å². The highest BCUT2D eigenvalue weighted by molar-refractivity contribution is 7.01. The summed E-state index contributed by atoms with van der Waals surface area (Å²) in [6.45, 7) is 13.9. The molecule has 0 N–H and O–H groups in total. The summed E-state index contributed by atoms with van der Waals surface area (Å²) in [5.74, 6) is 0. The number of benzene rings is 13. The fourth-order valence-corrected chi connectivity index (χ4v) is 14.6. The van der Waals surface area contributed by atoms with Crippen molar-refractivity contribution < 1.29 is 0 Å². The largest absolute Gasteiger partial charge is 0.311 e. The number of pyridine rings is 1. The van der Waals surface area contributed by atoms with Crippen LogP contribution in [0.5, 0.6) is 0 Å². The van der Waals surface area contributed by atoms with Crippen molar-refractivity contribution in [3.05, 3.63) is 218 Å². The van der Waals surface area contributed by atoms with Gasteiger partial charge in [-0.25, -0.2) is 0 Å². The SMILES string of the molecule is CC(C)(C)c1ccc(N2c3ccc(C(C)(C)C)cc3B3c4c(cc5c6ccccc6c6cnccc6c5c42)-n2c4ccc5c6ccccc6c6ccccc6c5c4c4c5c6ccccc6c6ccccc6c5cc3c42)cc1. The van der Waals surface area contributed by atoms with Crippen LogP contribution in [0.25, 0.3) is 124 Å². The molecule has 3 nitrogen and oxygen atoms in total. The van der Waals surface area contributed by atoms with Crippen molar-refractivity contribution in [1.29, 1.82) is 0 Å². The molecule has 17 rings (SSSR count). The zero-order valence-corrected chi connectivity index (χ0v) is 44.0. The minimum atomic E-state index is -0.118. The second-order valence-electron chi connectivity index (χ2n) is 24.1. The first-order chi connectivity index (χ1) is 37.5. The van der Waals surface area contributed by atoms with E-state index >= 15 is 0 Å². The lowest BCUT2D eigenvalue weighted by atomic mass is 9.33. The molecule has 0 radical (unpaired) electrons. The van der Waals surface area contributed by atoms with Crippen molar-refractivity contribution in [2.45, 2.75) is 52.4 Å². The van der Waals surface area contributed by atoms with Gasteiger partial charge in [-0.2, -0.15) is 0 Å². The third-order valence-corrected chi connectivity index (χ3v) is 18.1. The highest BCUT2D eigenvalue weighted by Crippen LogP contribution is 2.53. The summed E-state index contributed by atoms with van der Waals surface area (Å²) < 4.78 is 2.73. The minimum Gasteiger partial charge on any atom is -0.311 e. The van der Waals surface area contributed by atoms with Crippen LogP contribution in [0.4, 0.5) is 17.1 Å². The van der Waals surface area contributed by atoms with Crippen LogP contribution in [-0.4, -0.2) is 16.3 Å². The Hall–Kier alpha value is -8.99. The van der Waals surface area contributed by atoms with E-state index in [1.165, 1.54) is 163 Å². The maximum Gasteiger partial charge on any atom is 0.252 e. The molecule has 362 valence electrons. The van der Waals surface area contributed by atoms with E-state index in [4.69, 9.17) is 4.98 Å². The lowest BCUT2D eigenvalue weighted by molar-refractivity contribution is 0.590. The summed E-state index contributed by atoms with van der Waals surface area (Å²) in [6.07, 6.45) is 4.09. The van der Waals surface area contributed by atoms with Crippen molar-refractivity contribution in [3.8, 4) is 5.69 Å². The van der Waals surface area contributed by atoms with Crippen molar-refractivity contribution >= 4 is 159 Å². The van der Waals surface area contributed by atoms with Gasteiger partial charge >= 0.3 is 0 Å². The second-order valence-corrected chi connectivity index (χ2v) is 24.1. The molecule has 15 aromatic rings. The van der Waals surface area contributed by atoms with Crippen LogP contribution in [0.15, 0.2) is 207 Å². The average molecular weight is 982 g/mol. The van der Waals surface area contributed by atoms with Crippen molar-refractivity contribution in [1.82, 2.24) is 9.55 Å². The summed E-state index contributed by atoms with van der Waals surface area (Å²) in [5, 5.41) is 25.4. The topological polar surface area (TPSA) is 21.1 Å². The first kappa shape index (κ1) is 43.3. The van der Waals surface area contributed by atoms with Crippen molar-refractivity contribution in [3.63, 3.8) is 0 Å². The second kappa shape index (κ2) is 14.9. The Balaban J connectivity index is 1.18. The van der Waals surface area contributed by atoms with Crippen LogP contribution >= 0.6 is 0 Å². The molecule has 0 saturated carbocycles. The molecule has 4 heteroatoms. The fraction of sp³-hybridized carbons (Fsp3) is 0.110. The Kier molecular flexibility index (Phi) is 8.37. The van der Waals surface area contributed by atoms with Gasteiger partial charge < -0.3 is 9.47 Å². The van der Waals surface area contributed by atoms with Gasteiger partial charge in [-0.1, -0.05) is 199 Å². The van der Waals surface area contributed by atoms with Crippen LogP contribution < -0.4 is 21.3 Å². The standard InChI is InChI=1S/C73H52BN3/c1-72(2,3)41-27-30-43(31-28-41)76-61-33-29-42(73(4,5)6)37-59(61)74-60-38-56-49-22-10-8-18-45(49)47-20-14-16-26-53(47)65(56)68-67-62(34-32-54-48-21-9-7-17-44(48)46-19-13-15-25-52(46)64(54)67)77(70(60)68)63-39-57-50-23-11-12-24-51(50)58-40-75-36-35-55(58)66(57)71(76)69(63)74/h7-40H,1-6H3. The molecule has 2 aliphatic heterocycles. The van der Waals surface area contributed by atoms with Crippen LogP contribution in [0.3, 0.4) is 0 Å². The Morgan fingerprint density at radius 3 is 1.43 bits per heavy atom. The molecule has 0 unspecified atom stereocenters. The molecule has 13 aromatic carbocycles. The number of aromatic nitrogens is 2. The van der Waals surface area contributed by atoms with E-state index in [9.17, 15) is 0 Å². The molecule has 0 atom stereocenters. The molecular weight excluding hydrogens is 930 g/mol. The predicted molar refractivity (Wildman–Crippen MR) is 333 cm³/mol. The van der Waals surface area contributed by atoms with Gasteiger partial charge in [0.05, 0.1) is 16.7 Å². The van der Waals surface area contributed by atoms with Gasteiger partial charge in [0.1, 0.15) is 0 Å². The van der Waals surface area contributed by atoms with Gasteiger partial charge in [0, 0.05) is 61.8 Å². The Morgan fingerprint density at radius 1 is 0.364 bits per heavy atom.